The molecule has 1 fully saturated rings. The van der Waals surface area contributed by atoms with Crippen LogP contribution in [-0.2, 0) is 4.74 Å². The molecule has 0 N–H and O–H groups in total. The molecule has 1 aliphatic rings. The van der Waals surface area contributed by atoms with Gasteiger partial charge in [0.2, 0.25) is 0 Å². The number of nitro benzene ring substituents is 1. The molecule has 0 saturated carbocycles. The summed E-state index contributed by atoms with van der Waals surface area (Å²) in [5, 5.41) is 11.3. The van der Waals surface area contributed by atoms with E-state index in [4.69, 9.17) is 9.47 Å². The van der Waals surface area contributed by atoms with E-state index in [1.807, 2.05) is 11.8 Å². The van der Waals surface area contributed by atoms with E-state index in [1.54, 1.807) is 18.2 Å². The van der Waals surface area contributed by atoms with E-state index in [9.17, 15) is 10.1 Å². The molecule has 0 aliphatic carbocycles. The van der Waals surface area contributed by atoms with Crippen molar-refractivity contribution in [2.75, 3.05) is 31.7 Å². The Kier molecular flexibility index (Phi) is 4.13. The number of nitro groups is 1. The first-order chi connectivity index (χ1) is 9.50. The standard InChI is InChI=1S/C14H20N2O4/c1-4-14(2)10-15(8-9-20-14)11-6-5-7-12(19-3)13(11)16(17)18/h5-7H,4,8-10H2,1-3H3. The third-order valence-corrected chi connectivity index (χ3v) is 3.81. The highest BCUT2D eigenvalue weighted by molar-refractivity contribution is 5.70. The van der Waals surface area contributed by atoms with Crippen molar-refractivity contribution >= 4 is 11.4 Å². The quantitative estimate of drug-likeness (QED) is 0.626. The lowest BCUT2D eigenvalue weighted by molar-refractivity contribution is -0.385. The summed E-state index contributed by atoms with van der Waals surface area (Å²) in [4.78, 5) is 13.0. The van der Waals surface area contributed by atoms with Gasteiger partial charge in [-0.25, -0.2) is 0 Å². The van der Waals surface area contributed by atoms with Gasteiger partial charge in [-0.2, -0.15) is 0 Å². The summed E-state index contributed by atoms with van der Waals surface area (Å²) >= 11 is 0. The fourth-order valence-electron chi connectivity index (χ4n) is 2.46. The topological polar surface area (TPSA) is 64.8 Å². The normalized spacial score (nSPS) is 22.6. The number of rotatable bonds is 4. The highest BCUT2D eigenvalue weighted by atomic mass is 16.6. The SMILES string of the molecule is CCC1(C)CN(c2cccc(OC)c2[N+](=O)[O-])CCO1. The van der Waals surface area contributed by atoms with Crippen LogP contribution in [0.25, 0.3) is 0 Å². The predicted molar refractivity (Wildman–Crippen MR) is 76.5 cm³/mol. The molecule has 1 unspecified atom stereocenters. The number of benzene rings is 1. The zero-order chi connectivity index (χ0) is 14.8. The highest BCUT2D eigenvalue weighted by Gasteiger charge is 2.34. The number of nitrogens with zero attached hydrogens (tertiary/aromatic N) is 2. The van der Waals surface area contributed by atoms with Crippen LogP contribution in [0.3, 0.4) is 0 Å². The zero-order valence-corrected chi connectivity index (χ0v) is 12.1. The van der Waals surface area contributed by atoms with Crippen LogP contribution in [0, 0.1) is 10.1 Å². The minimum atomic E-state index is -0.382. The molecule has 110 valence electrons. The smallest absolute Gasteiger partial charge is 0.333 e. The van der Waals surface area contributed by atoms with Gasteiger partial charge in [-0.3, -0.25) is 10.1 Å². The maximum Gasteiger partial charge on any atom is 0.333 e. The third kappa shape index (κ3) is 2.70. The Bertz CT molecular complexity index is 506. The van der Waals surface area contributed by atoms with E-state index >= 15 is 0 Å². The first-order valence-corrected chi connectivity index (χ1v) is 6.71. The summed E-state index contributed by atoms with van der Waals surface area (Å²) in [6.07, 6.45) is 0.862. The molecule has 1 aromatic carbocycles. The lowest BCUT2D eigenvalue weighted by Gasteiger charge is -2.41. The van der Waals surface area contributed by atoms with Crippen molar-refractivity contribution in [3.8, 4) is 5.75 Å². The van der Waals surface area contributed by atoms with Crippen LogP contribution in [-0.4, -0.2) is 37.3 Å². The third-order valence-electron chi connectivity index (χ3n) is 3.81. The Morgan fingerprint density at radius 2 is 2.30 bits per heavy atom. The van der Waals surface area contributed by atoms with Crippen molar-refractivity contribution in [1.29, 1.82) is 0 Å². The molecule has 0 spiro atoms. The van der Waals surface area contributed by atoms with Gasteiger partial charge in [0.05, 0.1) is 24.2 Å². The van der Waals surface area contributed by atoms with Crippen LogP contribution in [0.5, 0.6) is 5.75 Å². The predicted octanol–water partition coefficient (Wildman–Crippen LogP) is 2.61. The van der Waals surface area contributed by atoms with Crippen molar-refractivity contribution in [2.24, 2.45) is 0 Å². The molecule has 1 atom stereocenters. The minimum Gasteiger partial charge on any atom is -0.490 e. The van der Waals surface area contributed by atoms with Crippen LogP contribution in [0.15, 0.2) is 18.2 Å². The van der Waals surface area contributed by atoms with Crippen molar-refractivity contribution < 1.29 is 14.4 Å². The Balaban J connectivity index is 2.39. The van der Waals surface area contributed by atoms with Crippen LogP contribution in [0.2, 0.25) is 0 Å². The molecular formula is C14H20N2O4. The molecule has 0 aromatic heterocycles. The number of morpholine rings is 1. The van der Waals surface area contributed by atoms with Gasteiger partial charge in [0.1, 0.15) is 5.69 Å². The summed E-state index contributed by atoms with van der Waals surface area (Å²) < 4.78 is 10.9. The van der Waals surface area contributed by atoms with Gasteiger partial charge in [-0.1, -0.05) is 13.0 Å². The van der Waals surface area contributed by atoms with Crippen LogP contribution < -0.4 is 9.64 Å². The maximum absolute atomic E-state index is 11.3. The first kappa shape index (κ1) is 14.6. The summed E-state index contributed by atoms with van der Waals surface area (Å²) in [5.74, 6) is 0.289. The fraction of sp³-hybridized carbons (Fsp3) is 0.571. The van der Waals surface area contributed by atoms with E-state index < -0.39 is 0 Å². The number of anilines is 1. The number of para-hydroxylation sites is 1. The van der Waals surface area contributed by atoms with Gasteiger partial charge in [-0.15, -0.1) is 0 Å². The Labute approximate surface area is 118 Å². The Morgan fingerprint density at radius 3 is 2.90 bits per heavy atom. The first-order valence-electron chi connectivity index (χ1n) is 6.71. The molecule has 1 aromatic rings. The van der Waals surface area contributed by atoms with Gasteiger partial charge in [0, 0.05) is 13.1 Å². The van der Waals surface area contributed by atoms with E-state index in [-0.39, 0.29) is 22.0 Å². The second-order valence-corrected chi connectivity index (χ2v) is 5.16. The van der Waals surface area contributed by atoms with Gasteiger partial charge >= 0.3 is 5.69 Å². The zero-order valence-electron chi connectivity index (χ0n) is 12.1. The monoisotopic (exact) mass is 280 g/mol. The van der Waals surface area contributed by atoms with E-state index in [0.29, 0.717) is 25.4 Å². The van der Waals surface area contributed by atoms with Crippen molar-refractivity contribution in [2.45, 2.75) is 25.9 Å². The van der Waals surface area contributed by atoms with Crippen molar-refractivity contribution in [3.05, 3.63) is 28.3 Å². The minimum absolute atomic E-state index is 0.0235. The molecule has 0 bridgehead atoms. The van der Waals surface area contributed by atoms with Gasteiger partial charge in [0.25, 0.3) is 0 Å². The van der Waals surface area contributed by atoms with Gasteiger partial charge in [0.15, 0.2) is 5.75 Å². The molecule has 6 heteroatoms. The summed E-state index contributed by atoms with van der Waals surface area (Å²) in [6.45, 7) is 5.94. The molecule has 0 radical (unpaired) electrons. The fourth-order valence-corrected chi connectivity index (χ4v) is 2.46. The van der Waals surface area contributed by atoms with Gasteiger partial charge in [-0.05, 0) is 25.5 Å². The average Bonchev–Trinajstić information content (AvgIpc) is 2.46. The molecule has 20 heavy (non-hydrogen) atoms. The summed E-state index contributed by atoms with van der Waals surface area (Å²) in [6, 6.07) is 5.16. The molecule has 1 heterocycles. The maximum atomic E-state index is 11.3. The Morgan fingerprint density at radius 1 is 1.55 bits per heavy atom. The molecular weight excluding hydrogens is 260 g/mol. The van der Waals surface area contributed by atoms with E-state index in [1.165, 1.54) is 7.11 Å². The van der Waals surface area contributed by atoms with E-state index in [2.05, 4.69) is 6.92 Å². The number of ether oxygens (including phenoxy) is 2. The summed E-state index contributed by atoms with van der Waals surface area (Å²) in [5.41, 5.74) is 0.350. The number of methoxy groups -OCH3 is 1. The average molecular weight is 280 g/mol. The van der Waals surface area contributed by atoms with Crippen molar-refractivity contribution in [3.63, 3.8) is 0 Å². The summed E-state index contributed by atoms with van der Waals surface area (Å²) in [7, 11) is 1.45. The van der Waals surface area contributed by atoms with Crippen LogP contribution in [0.4, 0.5) is 11.4 Å². The molecule has 1 aliphatic heterocycles. The Hall–Kier alpha value is -1.82. The molecule has 2 rings (SSSR count). The van der Waals surface area contributed by atoms with Crippen LogP contribution in [0.1, 0.15) is 20.3 Å². The number of hydrogen-bond acceptors (Lipinski definition) is 5. The molecule has 0 amide bonds. The largest absolute Gasteiger partial charge is 0.490 e. The lowest BCUT2D eigenvalue weighted by atomic mass is 10.0. The highest BCUT2D eigenvalue weighted by Crippen LogP contribution is 2.38. The molecule has 6 nitrogen and oxygen atoms in total. The van der Waals surface area contributed by atoms with E-state index in [0.717, 1.165) is 6.42 Å². The van der Waals surface area contributed by atoms with Crippen LogP contribution >= 0.6 is 0 Å². The lowest BCUT2D eigenvalue weighted by Crippen LogP contribution is -2.50. The van der Waals surface area contributed by atoms with Crippen molar-refractivity contribution in [1.82, 2.24) is 0 Å². The molecule has 1 saturated heterocycles. The second-order valence-electron chi connectivity index (χ2n) is 5.16. The number of hydrogen-bond donors (Lipinski definition) is 0. The second kappa shape index (κ2) is 5.66. The van der Waals surface area contributed by atoms with Gasteiger partial charge < -0.3 is 14.4 Å².